The number of pyridine rings is 2. The fourth-order valence-electron chi connectivity index (χ4n) is 4.00. The molecule has 4 aromatic rings. The van der Waals surface area contributed by atoms with Crippen molar-refractivity contribution in [3.63, 3.8) is 0 Å². The number of para-hydroxylation sites is 1. The third kappa shape index (κ3) is 3.42. The van der Waals surface area contributed by atoms with Crippen LogP contribution >= 0.6 is 0 Å². The predicted molar refractivity (Wildman–Crippen MR) is 110 cm³/mol. The standard InChI is InChI=1S/C22H20N6O2/c29-20-12-27(22(30)19-6-3-7-21(26-19)28-13-24-25-14-28)11-16(20)10-15-8-9-23-18-5-2-1-4-17(15)18/h1-9,13-14,16,20,29H,10-12H2/t16-,20+/m1/s1. The van der Waals surface area contributed by atoms with Gasteiger partial charge in [-0.1, -0.05) is 24.3 Å². The quantitative estimate of drug-likeness (QED) is 0.562. The van der Waals surface area contributed by atoms with E-state index in [2.05, 4.69) is 20.2 Å². The first-order valence-electron chi connectivity index (χ1n) is 9.81. The number of aliphatic hydroxyl groups is 1. The summed E-state index contributed by atoms with van der Waals surface area (Å²) in [4.78, 5) is 23.5. The van der Waals surface area contributed by atoms with Crippen LogP contribution in [0.25, 0.3) is 16.7 Å². The molecule has 1 N–H and O–H groups in total. The number of hydrogen-bond acceptors (Lipinski definition) is 6. The molecule has 0 unspecified atom stereocenters. The third-order valence-corrected chi connectivity index (χ3v) is 5.55. The number of carbonyl (C=O) groups excluding carboxylic acids is 1. The van der Waals surface area contributed by atoms with E-state index in [-0.39, 0.29) is 11.8 Å². The Kier molecular flexibility index (Phi) is 4.68. The Morgan fingerprint density at radius 3 is 2.73 bits per heavy atom. The average molecular weight is 400 g/mol. The molecule has 1 aliphatic heterocycles. The zero-order valence-electron chi connectivity index (χ0n) is 16.2. The maximum atomic E-state index is 13.0. The number of aromatic nitrogens is 5. The Labute approximate surface area is 172 Å². The summed E-state index contributed by atoms with van der Waals surface area (Å²) in [7, 11) is 0. The first kappa shape index (κ1) is 18.4. The van der Waals surface area contributed by atoms with Crippen molar-refractivity contribution in [2.75, 3.05) is 13.1 Å². The van der Waals surface area contributed by atoms with Gasteiger partial charge in [-0.05, 0) is 36.2 Å². The summed E-state index contributed by atoms with van der Waals surface area (Å²) in [6.07, 6.45) is 4.96. The van der Waals surface area contributed by atoms with E-state index < -0.39 is 6.10 Å². The van der Waals surface area contributed by atoms with Gasteiger partial charge in [0.2, 0.25) is 0 Å². The van der Waals surface area contributed by atoms with Gasteiger partial charge < -0.3 is 10.0 Å². The number of aliphatic hydroxyl groups excluding tert-OH is 1. The van der Waals surface area contributed by atoms with E-state index in [4.69, 9.17) is 0 Å². The van der Waals surface area contributed by atoms with Crippen LogP contribution in [0.1, 0.15) is 16.1 Å². The lowest BCUT2D eigenvalue weighted by Crippen LogP contribution is -2.30. The molecule has 150 valence electrons. The minimum Gasteiger partial charge on any atom is -0.391 e. The molecule has 0 aliphatic carbocycles. The van der Waals surface area contributed by atoms with Crippen LogP contribution in [0.3, 0.4) is 0 Å². The van der Waals surface area contributed by atoms with Crippen molar-refractivity contribution in [2.45, 2.75) is 12.5 Å². The van der Waals surface area contributed by atoms with E-state index in [1.807, 2.05) is 30.3 Å². The lowest BCUT2D eigenvalue weighted by molar-refractivity contribution is 0.0759. The summed E-state index contributed by atoms with van der Waals surface area (Å²) in [6.45, 7) is 0.778. The normalized spacial score (nSPS) is 18.8. The maximum Gasteiger partial charge on any atom is 0.272 e. The highest BCUT2D eigenvalue weighted by molar-refractivity contribution is 5.92. The maximum absolute atomic E-state index is 13.0. The van der Waals surface area contributed by atoms with Gasteiger partial charge in [0, 0.05) is 30.6 Å². The minimum atomic E-state index is -0.582. The van der Waals surface area contributed by atoms with E-state index in [9.17, 15) is 9.90 Å². The topological polar surface area (TPSA) is 97.0 Å². The zero-order valence-corrected chi connectivity index (χ0v) is 16.2. The Morgan fingerprint density at radius 1 is 1.03 bits per heavy atom. The molecule has 0 bridgehead atoms. The summed E-state index contributed by atoms with van der Waals surface area (Å²) >= 11 is 0. The van der Waals surface area contributed by atoms with E-state index >= 15 is 0 Å². The van der Waals surface area contributed by atoms with Crippen LogP contribution in [0.5, 0.6) is 0 Å². The van der Waals surface area contributed by atoms with Gasteiger partial charge in [0.25, 0.3) is 5.91 Å². The summed E-state index contributed by atoms with van der Waals surface area (Å²) in [5, 5.41) is 19.3. The van der Waals surface area contributed by atoms with Crippen LogP contribution in [0.2, 0.25) is 0 Å². The molecule has 8 nitrogen and oxygen atoms in total. The highest BCUT2D eigenvalue weighted by Gasteiger charge is 2.35. The van der Waals surface area contributed by atoms with Crippen molar-refractivity contribution >= 4 is 16.8 Å². The average Bonchev–Trinajstić information content (AvgIpc) is 3.44. The summed E-state index contributed by atoms with van der Waals surface area (Å²) in [6, 6.07) is 15.2. The molecule has 4 heterocycles. The lowest BCUT2D eigenvalue weighted by atomic mass is 9.94. The first-order chi connectivity index (χ1) is 14.7. The SMILES string of the molecule is O=C(c1cccc(-n2cnnc2)n1)N1C[C@@H](Cc2ccnc3ccccc23)[C@@H](O)C1. The molecule has 1 aromatic carbocycles. The van der Waals surface area contributed by atoms with Crippen LogP contribution in [0, 0.1) is 5.92 Å². The number of benzene rings is 1. The molecule has 3 aromatic heterocycles. The van der Waals surface area contributed by atoms with Crippen LogP contribution in [0.4, 0.5) is 0 Å². The zero-order chi connectivity index (χ0) is 20.5. The Morgan fingerprint density at radius 2 is 1.87 bits per heavy atom. The van der Waals surface area contributed by atoms with Gasteiger partial charge in [-0.25, -0.2) is 4.98 Å². The molecular weight excluding hydrogens is 380 g/mol. The third-order valence-electron chi connectivity index (χ3n) is 5.55. The van der Waals surface area contributed by atoms with Gasteiger partial charge in [0.1, 0.15) is 24.2 Å². The molecule has 0 spiro atoms. The summed E-state index contributed by atoms with van der Waals surface area (Å²) in [5.74, 6) is 0.345. The van der Waals surface area contributed by atoms with E-state index in [0.717, 1.165) is 16.5 Å². The molecule has 2 atom stereocenters. The van der Waals surface area contributed by atoms with Crippen molar-refractivity contribution in [1.82, 2.24) is 29.6 Å². The van der Waals surface area contributed by atoms with Crippen LogP contribution in [-0.2, 0) is 6.42 Å². The van der Waals surface area contributed by atoms with Crippen LogP contribution in [0.15, 0.2) is 67.4 Å². The lowest BCUT2D eigenvalue weighted by Gasteiger charge is -2.16. The Balaban J connectivity index is 1.34. The second-order valence-corrected chi connectivity index (χ2v) is 7.48. The molecule has 8 heteroatoms. The van der Waals surface area contributed by atoms with Crippen LogP contribution in [-0.4, -0.2) is 59.8 Å². The van der Waals surface area contributed by atoms with E-state index in [0.29, 0.717) is 31.0 Å². The van der Waals surface area contributed by atoms with Crippen molar-refractivity contribution in [3.05, 3.63) is 78.6 Å². The predicted octanol–water partition coefficient (Wildman–Crippen LogP) is 1.89. The van der Waals surface area contributed by atoms with Crippen LogP contribution < -0.4 is 0 Å². The fourth-order valence-corrected chi connectivity index (χ4v) is 4.00. The number of likely N-dealkylation sites (tertiary alicyclic amines) is 1. The molecule has 30 heavy (non-hydrogen) atoms. The minimum absolute atomic E-state index is 0.0409. The highest BCUT2D eigenvalue weighted by atomic mass is 16.3. The van der Waals surface area contributed by atoms with Gasteiger partial charge in [0.05, 0.1) is 11.6 Å². The first-order valence-corrected chi connectivity index (χ1v) is 9.81. The fraction of sp³-hybridized carbons (Fsp3) is 0.227. The number of amides is 1. The van der Waals surface area contributed by atoms with Crippen molar-refractivity contribution < 1.29 is 9.90 Å². The second-order valence-electron chi connectivity index (χ2n) is 7.48. The number of fused-ring (bicyclic) bond motifs is 1. The monoisotopic (exact) mass is 400 g/mol. The molecule has 1 fully saturated rings. The largest absolute Gasteiger partial charge is 0.391 e. The second kappa shape index (κ2) is 7.64. The molecule has 0 saturated carbocycles. The van der Waals surface area contributed by atoms with Gasteiger partial charge >= 0.3 is 0 Å². The van der Waals surface area contributed by atoms with Gasteiger partial charge in [0.15, 0.2) is 0 Å². The van der Waals surface area contributed by atoms with Crippen molar-refractivity contribution in [2.24, 2.45) is 5.92 Å². The number of hydrogen-bond donors (Lipinski definition) is 1. The summed E-state index contributed by atoms with van der Waals surface area (Å²) < 4.78 is 1.65. The van der Waals surface area contributed by atoms with Gasteiger partial charge in [-0.15, -0.1) is 10.2 Å². The Bertz CT molecular complexity index is 1190. The molecule has 1 aliphatic rings. The number of carbonyl (C=O) groups is 1. The molecule has 1 saturated heterocycles. The number of β-amino-alcohol motifs (C(OH)–C–C–N with tert-alkyl or cyclic N) is 1. The van der Waals surface area contributed by atoms with Gasteiger partial charge in [-0.3, -0.25) is 14.3 Å². The number of nitrogens with zero attached hydrogens (tertiary/aromatic N) is 6. The highest BCUT2D eigenvalue weighted by Crippen LogP contribution is 2.26. The van der Waals surface area contributed by atoms with Gasteiger partial charge in [-0.2, -0.15) is 0 Å². The van der Waals surface area contributed by atoms with Crippen molar-refractivity contribution in [1.29, 1.82) is 0 Å². The molecular formula is C22H20N6O2. The smallest absolute Gasteiger partial charge is 0.272 e. The van der Waals surface area contributed by atoms with Crippen molar-refractivity contribution in [3.8, 4) is 5.82 Å². The summed E-state index contributed by atoms with van der Waals surface area (Å²) in [5.41, 5.74) is 2.40. The molecule has 0 radical (unpaired) electrons. The van der Waals surface area contributed by atoms with E-state index in [1.54, 1.807) is 33.9 Å². The van der Waals surface area contributed by atoms with E-state index in [1.165, 1.54) is 12.7 Å². The molecule has 5 rings (SSSR count). The number of rotatable bonds is 4. The molecule has 1 amide bonds. The Hall–Kier alpha value is -3.65.